The quantitative estimate of drug-likeness (QED) is 0.798. The Hall–Kier alpha value is -2.89. The normalized spacial score (nSPS) is 14.5. The van der Waals surface area contributed by atoms with E-state index >= 15 is 0 Å². The zero-order valence-corrected chi connectivity index (χ0v) is 14.8. The molecule has 1 aromatic heterocycles. The molecule has 0 aliphatic heterocycles. The molecule has 1 aliphatic rings. The van der Waals surface area contributed by atoms with Crippen LogP contribution < -0.4 is 10.6 Å². The summed E-state index contributed by atoms with van der Waals surface area (Å²) in [7, 11) is 1.32. The van der Waals surface area contributed by atoms with Crippen LogP contribution in [0.1, 0.15) is 53.0 Å². The van der Waals surface area contributed by atoms with E-state index in [-0.39, 0.29) is 5.91 Å². The van der Waals surface area contributed by atoms with Crippen LogP contribution >= 0.6 is 0 Å². The molecule has 1 amide bonds. The first-order chi connectivity index (χ1) is 12.7. The summed E-state index contributed by atoms with van der Waals surface area (Å²) in [4.78, 5) is 28.2. The molecule has 1 saturated carbocycles. The first-order valence-electron chi connectivity index (χ1n) is 8.88. The van der Waals surface area contributed by atoms with Crippen LogP contribution in [0.5, 0.6) is 0 Å². The van der Waals surface area contributed by atoms with Gasteiger partial charge in [-0.1, -0.05) is 25.3 Å². The molecule has 1 fully saturated rings. The molecule has 1 aliphatic carbocycles. The summed E-state index contributed by atoms with van der Waals surface area (Å²) >= 11 is 0. The van der Waals surface area contributed by atoms with E-state index in [0.29, 0.717) is 23.0 Å². The molecular weight excluding hydrogens is 330 g/mol. The Morgan fingerprint density at radius 2 is 1.88 bits per heavy atom. The Morgan fingerprint density at radius 3 is 2.58 bits per heavy atom. The predicted molar refractivity (Wildman–Crippen MR) is 100 cm³/mol. The fraction of sp³-hybridized carbons (Fsp3) is 0.350. The maximum atomic E-state index is 12.4. The van der Waals surface area contributed by atoms with E-state index in [4.69, 9.17) is 0 Å². The van der Waals surface area contributed by atoms with Crippen LogP contribution in [0.4, 0.5) is 11.4 Å². The maximum absolute atomic E-state index is 12.4. The number of hydrogen-bond acceptors (Lipinski definition) is 5. The fourth-order valence-corrected chi connectivity index (χ4v) is 3.13. The lowest BCUT2D eigenvalue weighted by Gasteiger charge is -2.23. The molecule has 1 aromatic carbocycles. The number of carbonyl (C=O) groups is 2. The van der Waals surface area contributed by atoms with E-state index in [1.165, 1.54) is 39.2 Å². The number of pyridine rings is 1. The molecule has 0 unspecified atom stereocenters. The molecule has 6 nitrogen and oxygen atoms in total. The van der Waals surface area contributed by atoms with Gasteiger partial charge in [0.2, 0.25) is 0 Å². The van der Waals surface area contributed by atoms with Crippen molar-refractivity contribution < 1.29 is 14.3 Å². The van der Waals surface area contributed by atoms with Crippen molar-refractivity contribution >= 4 is 23.3 Å². The molecule has 0 saturated heterocycles. The van der Waals surface area contributed by atoms with Crippen molar-refractivity contribution in [1.29, 1.82) is 0 Å². The van der Waals surface area contributed by atoms with Crippen molar-refractivity contribution in [3.63, 3.8) is 0 Å². The van der Waals surface area contributed by atoms with Gasteiger partial charge in [-0.25, -0.2) is 9.78 Å². The number of nitrogens with one attached hydrogen (secondary N) is 2. The van der Waals surface area contributed by atoms with Crippen molar-refractivity contribution in [2.45, 2.75) is 38.1 Å². The van der Waals surface area contributed by atoms with Crippen molar-refractivity contribution in [1.82, 2.24) is 4.98 Å². The molecule has 2 N–H and O–H groups in total. The van der Waals surface area contributed by atoms with Gasteiger partial charge < -0.3 is 15.4 Å². The van der Waals surface area contributed by atoms with Crippen LogP contribution in [0.2, 0.25) is 0 Å². The summed E-state index contributed by atoms with van der Waals surface area (Å²) in [6, 6.07) is 10.7. The van der Waals surface area contributed by atoms with Crippen LogP contribution in [-0.2, 0) is 4.74 Å². The number of rotatable bonds is 5. The molecule has 0 spiro atoms. The lowest BCUT2D eigenvalue weighted by Crippen LogP contribution is -2.22. The second-order valence-electron chi connectivity index (χ2n) is 6.44. The van der Waals surface area contributed by atoms with Crippen LogP contribution in [-0.4, -0.2) is 30.0 Å². The molecule has 136 valence electrons. The molecular formula is C20H23N3O3. The maximum Gasteiger partial charge on any atom is 0.337 e. The largest absolute Gasteiger partial charge is 0.465 e. The van der Waals surface area contributed by atoms with E-state index in [1.807, 2.05) is 6.07 Å². The Bertz CT molecular complexity index is 768. The fourth-order valence-electron chi connectivity index (χ4n) is 3.13. The van der Waals surface area contributed by atoms with Gasteiger partial charge in [0.25, 0.3) is 5.91 Å². The zero-order valence-electron chi connectivity index (χ0n) is 14.8. The first-order valence-corrected chi connectivity index (χ1v) is 8.88. The van der Waals surface area contributed by atoms with Crippen LogP contribution in [0, 0.1) is 0 Å². The van der Waals surface area contributed by atoms with Gasteiger partial charge in [-0.05, 0) is 43.2 Å². The van der Waals surface area contributed by atoms with Crippen LogP contribution in [0.3, 0.4) is 0 Å². The van der Waals surface area contributed by atoms with Crippen LogP contribution in [0.15, 0.2) is 42.6 Å². The Labute approximate surface area is 153 Å². The minimum atomic E-state index is -0.447. The summed E-state index contributed by atoms with van der Waals surface area (Å²) in [6.07, 6.45) is 7.88. The number of amides is 1. The highest BCUT2D eigenvalue weighted by Gasteiger charge is 2.14. The van der Waals surface area contributed by atoms with E-state index < -0.39 is 5.97 Å². The van der Waals surface area contributed by atoms with Crippen LogP contribution in [0.25, 0.3) is 0 Å². The average molecular weight is 353 g/mol. The van der Waals surface area contributed by atoms with E-state index in [9.17, 15) is 9.59 Å². The monoisotopic (exact) mass is 353 g/mol. The molecule has 0 atom stereocenters. The minimum Gasteiger partial charge on any atom is -0.465 e. The lowest BCUT2D eigenvalue weighted by molar-refractivity contribution is 0.0600. The van der Waals surface area contributed by atoms with Gasteiger partial charge in [-0.15, -0.1) is 0 Å². The highest BCUT2D eigenvalue weighted by Crippen LogP contribution is 2.21. The topological polar surface area (TPSA) is 80.3 Å². The number of nitrogens with zero attached hydrogens (tertiary/aromatic N) is 1. The van der Waals surface area contributed by atoms with Gasteiger partial charge in [0, 0.05) is 11.7 Å². The third-order valence-corrected chi connectivity index (χ3v) is 4.51. The van der Waals surface area contributed by atoms with Crippen molar-refractivity contribution in [2.75, 3.05) is 17.7 Å². The third-order valence-electron chi connectivity index (χ3n) is 4.51. The number of hydrogen-bond donors (Lipinski definition) is 2. The molecule has 1 heterocycles. The lowest BCUT2D eigenvalue weighted by atomic mass is 9.95. The van der Waals surface area contributed by atoms with E-state index in [2.05, 4.69) is 20.4 Å². The third kappa shape index (κ3) is 4.59. The molecule has 6 heteroatoms. The van der Waals surface area contributed by atoms with Gasteiger partial charge in [-0.3, -0.25) is 4.79 Å². The number of esters is 1. The van der Waals surface area contributed by atoms with Crippen molar-refractivity contribution in [2.24, 2.45) is 0 Å². The van der Waals surface area contributed by atoms with Crippen molar-refractivity contribution in [3.8, 4) is 0 Å². The summed E-state index contributed by atoms with van der Waals surface area (Å²) in [5.74, 6) is -0.770. The number of anilines is 2. The average Bonchev–Trinajstić information content (AvgIpc) is 2.69. The van der Waals surface area contributed by atoms with Gasteiger partial charge >= 0.3 is 5.97 Å². The Morgan fingerprint density at radius 1 is 1.08 bits per heavy atom. The second-order valence-corrected chi connectivity index (χ2v) is 6.44. The van der Waals surface area contributed by atoms with E-state index in [1.54, 1.807) is 36.5 Å². The van der Waals surface area contributed by atoms with Gasteiger partial charge in [-0.2, -0.15) is 0 Å². The summed E-state index contributed by atoms with van der Waals surface area (Å²) in [5, 5.41) is 6.23. The predicted octanol–water partition coefficient (Wildman–Crippen LogP) is 3.87. The second kappa shape index (κ2) is 8.47. The highest BCUT2D eigenvalue weighted by molar-refractivity contribution is 6.03. The standard InChI is InChI=1S/C20H23N3O3/c1-26-20(25)14-6-5-9-16(12-14)23-19(24)18-11-10-17(13-21-18)22-15-7-3-2-4-8-15/h5-6,9-13,15,22H,2-4,7-8H2,1H3,(H,23,24). The van der Waals surface area contributed by atoms with Crippen molar-refractivity contribution in [3.05, 3.63) is 53.9 Å². The smallest absolute Gasteiger partial charge is 0.337 e. The Balaban J connectivity index is 1.62. The number of ether oxygens (including phenoxy) is 1. The number of methoxy groups -OCH3 is 1. The summed E-state index contributed by atoms with van der Waals surface area (Å²) in [6.45, 7) is 0. The SMILES string of the molecule is COC(=O)c1cccc(NC(=O)c2ccc(NC3CCCCC3)cn2)c1. The zero-order chi connectivity index (χ0) is 18.4. The minimum absolute atomic E-state index is 0.322. The van der Waals surface area contributed by atoms with Gasteiger partial charge in [0.15, 0.2) is 0 Å². The molecule has 3 rings (SSSR count). The molecule has 2 aromatic rings. The van der Waals surface area contributed by atoms with Gasteiger partial charge in [0.05, 0.1) is 24.6 Å². The Kier molecular flexibility index (Phi) is 5.84. The number of benzene rings is 1. The van der Waals surface area contributed by atoms with Gasteiger partial charge in [0.1, 0.15) is 5.69 Å². The number of aromatic nitrogens is 1. The highest BCUT2D eigenvalue weighted by atomic mass is 16.5. The number of carbonyl (C=O) groups excluding carboxylic acids is 2. The molecule has 26 heavy (non-hydrogen) atoms. The molecule has 0 bridgehead atoms. The summed E-state index contributed by atoms with van der Waals surface area (Å²) in [5.41, 5.74) is 2.15. The molecule has 0 radical (unpaired) electrons. The van der Waals surface area contributed by atoms with E-state index in [0.717, 1.165) is 5.69 Å². The summed E-state index contributed by atoms with van der Waals surface area (Å²) < 4.78 is 4.69. The first kappa shape index (κ1) is 17.9.